The van der Waals surface area contributed by atoms with Crippen molar-refractivity contribution in [2.75, 3.05) is 19.2 Å². The minimum atomic E-state index is 0.265. The smallest absolute Gasteiger partial charge is 0.231 e. The molecule has 6 nitrogen and oxygen atoms in total. The molecule has 3 N–H and O–H groups in total. The van der Waals surface area contributed by atoms with Crippen molar-refractivity contribution in [2.24, 2.45) is 10.7 Å². The second kappa shape index (κ2) is 6.26. The largest absolute Gasteiger partial charge is 0.497 e. The van der Waals surface area contributed by atoms with Crippen molar-refractivity contribution < 1.29 is 14.2 Å². The zero-order valence-electron chi connectivity index (χ0n) is 12.2. The summed E-state index contributed by atoms with van der Waals surface area (Å²) in [5.41, 5.74) is 7.72. The van der Waals surface area contributed by atoms with Crippen LogP contribution in [0.5, 0.6) is 17.2 Å². The van der Waals surface area contributed by atoms with Gasteiger partial charge in [0.05, 0.1) is 13.7 Å². The van der Waals surface area contributed by atoms with E-state index < -0.39 is 0 Å². The number of rotatable bonds is 4. The van der Waals surface area contributed by atoms with Gasteiger partial charge in [-0.2, -0.15) is 0 Å². The molecule has 0 radical (unpaired) electrons. The summed E-state index contributed by atoms with van der Waals surface area (Å²) in [6.07, 6.45) is 0. The number of nitrogens with one attached hydrogen (secondary N) is 1. The summed E-state index contributed by atoms with van der Waals surface area (Å²) in [5, 5.41) is 3.03. The van der Waals surface area contributed by atoms with Gasteiger partial charge in [0.1, 0.15) is 5.75 Å². The number of nitrogens with two attached hydrogens (primary N) is 1. The normalized spacial score (nSPS) is 13.0. The van der Waals surface area contributed by atoms with Crippen molar-refractivity contribution in [3.8, 4) is 17.2 Å². The van der Waals surface area contributed by atoms with E-state index in [1.807, 2.05) is 42.5 Å². The van der Waals surface area contributed by atoms with Gasteiger partial charge in [-0.05, 0) is 29.8 Å². The average Bonchev–Trinajstić information content (AvgIpc) is 3.00. The Balaban J connectivity index is 1.64. The van der Waals surface area contributed by atoms with Crippen LogP contribution in [0.1, 0.15) is 5.56 Å². The van der Waals surface area contributed by atoms with Crippen molar-refractivity contribution in [3.05, 3.63) is 48.0 Å². The average molecular weight is 299 g/mol. The number of methoxy groups -OCH3 is 1. The molecule has 3 rings (SSSR count). The molecular weight excluding hydrogens is 282 g/mol. The Morgan fingerprint density at radius 2 is 2.09 bits per heavy atom. The van der Waals surface area contributed by atoms with Crippen molar-refractivity contribution in [1.82, 2.24) is 0 Å². The standard InChI is InChI=1S/C16H17N3O3/c1-20-13-4-2-3-12(8-13)19-16(17)18-9-11-5-6-14-15(7-11)22-10-21-14/h2-8H,9-10H2,1H3,(H3,17,18,19). The molecule has 0 unspecified atom stereocenters. The monoisotopic (exact) mass is 299 g/mol. The SMILES string of the molecule is COc1cccc(NC(N)=NCc2ccc3c(c2)OCO3)c1. The minimum absolute atomic E-state index is 0.265. The van der Waals surface area contributed by atoms with Gasteiger partial charge in [0.2, 0.25) is 6.79 Å². The Morgan fingerprint density at radius 3 is 2.95 bits per heavy atom. The Labute approximate surface area is 128 Å². The first-order valence-corrected chi connectivity index (χ1v) is 6.84. The first kappa shape index (κ1) is 14.1. The summed E-state index contributed by atoms with van der Waals surface area (Å²) in [7, 11) is 1.62. The quantitative estimate of drug-likeness (QED) is 0.669. The van der Waals surface area contributed by atoms with E-state index in [0.29, 0.717) is 12.5 Å². The first-order chi connectivity index (χ1) is 10.7. The molecule has 0 aromatic heterocycles. The molecule has 22 heavy (non-hydrogen) atoms. The highest BCUT2D eigenvalue weighted by Gasteiger charge is 2.12. The van der Waals surface area contributed by atoms with Crippen molar-refractivity contribution >= 4 is 11.6 Å². The van der Waals surface area contributed by atoms with Gasteiger partial charge in [0, 0.05) is 11.8 Å². The van der Waals surface area contributed by atoms with Gasteiger partial charge < -0.3 is 25.3 Å². The van der Waals surface area contributed by atoms with Crippen molar-refractivity contribution in [3.63, 3.8) is 0 Å². The fourth-order valence-corrected chi connectivity index (χ4v) is 2.10. The Bertz CT molecular complexity index is 701. The molecule has 0 fully saturated rings. The lowest BCUT2D eigenvalue weighted by atomic mass is 10.2. The van der Waals surface area contributed by atoms with Gasteiger partial charge in [-0.25, -0.2) is 4.99 Å². The molecule has 1 aliphatic rings. The highest BCUT2D eigenvalue weighted by atomic mass is 16.7. The van der Waals surface area contributed by atoms with Crippen LogP contribution < -0.4 is 25.3 Å². The molecule has 1 aliphatic heterocycles. The Hall–Kier alpha value is -2.89. The van der Waals surface area contributed by atoms with E-state index in [1.54, 1.807) is 7.11 Å². The summed E-state index contributed by atoms with van der Waals surface area (Å²) < 4.78 is 15.8. The van der Waals surface area contributed by atoms with E-state index in [4.69, 9.17) is 19.9 Å². The summed E-state index contributed by atoms with van der Waals surface area (Å²) in [6, 6.07) is 13.2. The number of guanidine groups is 1. The maximum absolute atomic E-state index is 5.90. The van der Waals surface area contributed by atoms with Gasteiger partial charge in [-0.1, -0.05) is 12.1 Å². The molecule has 0 bridgehead atoms. The lowest BCUT2D eigenvalue weighted by molar-refractivity contribution is 0.174. The number of ether oxygens (including phenoxy) is 3. The van der Waals surface area contributed by atoms with Crippen LogP contribution in [-0.4, -0.2) is 19.9 Å². The van der Waals surface area contributed by atoms with Crippen LogP contribution in [-0.2, 0) is 6.54 Å². The fraction of sp³-hybridized carbons (Fsp3) is 0.188. The number of aliphatic imine (C=N–C) groups is 1. The number of benzene rings is 2. The van der Waals surface area contributed by atoms with Crippen LogP contribution in [0.2, 0.25) is 0 Å². The van der Waals surface area contributed by atoms with E-state index >= 15 is 0 Å². The molecule has 0 aliphatic carbocycles. The van der Waals surface area contributed by atoms with Gasteiger partial charge in [-0.3, -0.25) is 0 Å². The van der Waals surface area contributed by atoms with Crippen LogP contribution in [0.3, 0.4) is 0 Å². The molecule has 2 aromatic carbocycles. The lowest BCUT2D eigenvalue weighted by Crippen LogP contribution is -2.22. The van der Waals surface area contributed by atoms with Crippen LogP contribution in [0, 0.1) is 0 Å². The second-order valence-corrected chi connectivity index (χ2v) is 4.75. The minimum Gasteiger partial charge on any atom is -0.497 e. The highest BCUT2D eigenvalue weighted by molar-refractivity contribution is 5.92. The third-order valence-electron chi connectivity index (χ3n) is 3.21. The first-order valence-electron chi connectivity index (χ1n) is 6.84. The maximum Gasteiger partial charge on any atom is 0.231 e. The van der Waals surface area contributed by atoms with Gasteiger partial charge in [0.25, 0.3) is 0 Å². The van der Waals surface area contributed by atoms with E-state index in [1.165, 1.54) is 0 Å². The molecule has 0 saturated heterocycles. The van der Waals surface area contributed by atoms with Crippen LogP contribution in [0.15, 0.2) is 47.5 Å². The molecule has 6 heteroatoms. The highest BCUT2D eigenvalue weighted by Crippen LogP contribution is 2.32. The lowest BCUT2D eigenvalue weighted by Gasteiger charge is -2.07. The van der Waals surface area contributed by atoms with Crippen LogP contribution >= 0.6 is 0 Å². The van der Waals surface area contributed by atoms with Crippen LogP contribution in [0.25, 0.3) is 0 Å². The zero-order valence-corrected chi connectivity index (χ0v) is 12.2. The predicted octanol–water partition coefficient (Wildman–Crippen LogP) is 2.35. The molecular formula is C16H17N3O3. The summed E-state index contributed by atoms with van der Waals surface area (Å²) in [6.45, 7) is 0.723. The molecule has 0 amide bonds. The summed E-state index contributed by atoms with van der Waals surface area (Å²) >= 11 is 0. The molecule has 0 atom stereocenters. The number of fused-ring (bicyclic) bond motifs is 1. The molecule has 1 heterocycles. The third kappa shape index (κ3) is 3.22. The predicted molar refractivity (Wildman–Crippen MR) is 84.5 cm³/mol. The number of nitrogens with zero attached hydrogens (tertiary/aromatic N) is 1. The fourth-order valence-electron chi connectivity index (χ4n) is 2.10. The number of hydrogen-bond acceptors (Lipinski definition) is 4. The number of anilines is 1. The Morgan fingerprint density at radius 1 is 1.23 bits per heavy atom. The van der Waals surface area contributed by atoms with Gasteiger partial charge in [0.15, 0.2) is 17.5 Å². The third-order valence-corrected chi connectivity index (χ3v) is 3.21. The van der Waals surface area contributed by atoms with Gasteiger partial charge in [-0.15, -0.1) is 0 Å². The van der Waals surface area contributed by atoms with Gasteiger partial charge >= 0.3 is 0 Å². The molecule has 0 spiro atoms. The topological polar surface area (TPSA) is 78.1 Å². The van der Waals surface area contributed by atoms with Crippen molar-refractivity contribution in [2.45, 2.75) is 6.54 Å². The van der Waals surface area contributed by atoms with E-state index in [2.05, 4.69) is 10.3 Å². The maximum atomic E-state index is 5.90. The van der Waals surface area contributed by atoms with E-state index in [-0.39, 0.29) is 6.79 Å². The Kier molecular flexibility index (Phi) is 4.00. The molecule has 2 aromatic rings. The molecule has 0 saturated carbocycles. The van der Waals surface area contributed by atoms with E-state index in [9.17, 15) is 0 Å². The summed E-state index contributed by atoms with van der Waals surface area (Å²) in [4.78, 5) is 4.32. The summed E-state index contributed by atoms with van der Waals surface area (Å²) in [5.74, 6) is 2.60. The zero-order chi connectivity index (χ0) is 15.4. The molecule has 114 valence electrons. The van der Waals surface area contributed by atoms with Crippen molar-refractivity contribution in [1.29, 1.82) is 0 Å². The number of hydrogen-bond donors (Lipinski definition) is 2. The second-order valence-electron chi connectivity index (χ2n) is 4.75. The van der Waals surface area contributed by atoms with E-state index in [0.717, 1.165) is 28.5 Å². The van der Waals surface area contributed by atoms with Crippen LogP contribution in [0.4, 0.5) is 5.69 Å².